The summed E-state index contributed by atoms with van der Waals surface area (Å²) in [5.74, 6) is 0. The van der Waals surface area contributed by atoms with E-state index in [0.717, 1.165) is 22.4 Å². The highest BCUT2D eigenvalue weighted by Gasteiger charge is 2.32. The SMILES string of the molecule is NCC(c1ccc(Br)cc1)n1cc(C(F)(F)F)cn1. The number of alkyl halides is 3. The van der Waals surface area contributed by atoms with Crippen molar-refractivity contribution in [3.63, 3.8) is 0 Å². The van der Waals surface area contributed by atoms with Gasteiger partial charge >= 0.3 is 6.18 Å². The maximum atomic E-state index is 12.5. The molecule has 0 aliphatic heterocycles. The van der Waals surface area contributed by atoms with Crippen molar-refractivity contribution < 1.29 is 13.2 Å². The highest BCUT2D eigenvalue weighted by atomic mass is 79.9. The van der Waals surface area contributed by atoms with E-state index in [2.05, 4.69) is 21.0 Å². The van der Waals surface area contributed by atoms with E-state index in [0.29, 0.717) is 0 Å². The molecule has 0 saturated carbocycles. The average molecular weight is 334 g/mol. The molecule has 0 bridgehead atoms. The van der Waals surface area contributed by atoms with Gasteiger partial charge in [0.05, 0.1) is 17.8 Å². The van der Waals surface area contributed by atoms with Crippen LogP contribution in [0.5, 0.6) is 0 Å². The van der Waals surface area contributed by atoms with Gasteiger partial charge in [0.15, 0.2) is 0 Å². The van der Waals surface area contributed by atoms with Crippen molar-refractivity contribution in [2.45, 2.75) is 12.2 Å². The van der Waals surface area contributed by atoms with E-state index in [4.69, 9.17) is 5.73 Å². The van der Waals surface area contributed by atoms with Gasteiger partial charge in [-0.3, -0.25) is 4.68 Å². The number of aromatic nitrogens is 2. The number of halogens is 4. The lowest BCUT2D eigenvalue weighted by molar-refractivity contribution is -0.137. The summed E-state index contributed by atoms with van der Waals surface area (Å²) in [6.45, 7) is 0.167. The standard InChI is InChI=1S/C12H11BrF3N3/c13-10-3-1-8(2-4-10)11(5-17)19-7-9(6-18-19)12(14,15)16/h1-4,6-7,11H,5,17H2. The van der Waals surface area contributed by atoms with E-state index in [-0.39, 0.29) is 6.54 Å². The van der Waals surface area contributed by atoms with Crippen LogP contribution in [-0.2, 0) is 6.18 Å². The minimum absolute atomic E-state index is 0.167. The summed E-state index contributed by atoms with van der Waals surface area (Å²) in [5, 5.41) is 3.76. The van der Waals surface area contributed by atoms with Gasteiger partial charge in [0.2, 0.25) is 0 Å². The maximum Gasteiger partial charge on any atom is 0.419 e. The van der Waals surface area contributed by atoms with Crippen LogP contribution in [0.15, 0.2) is 41.1 Å². The molecule has 1 unspecified atom stereocenters. The lowest BCUT2D eigenvalue weighted by atomic mass is 10.1. The summed E-state index contributed by atoms with van der Waals surface area (Å²) in [6.07, 6.45) is -2.61. The third-order valence-electron chi connectivity index (χ3n) is 2.73. The smallest absolute Gasteiger partial charge is 0.328 e. The van der Waals surface area contributed by atoms with Crippen molar-refractivity contribution in [2.75, 3.05) is 6.54 Å². The summed E-state index contributed by atoms with van der Waals surface area (Å²) in [4.78, 5) is 0. The summed E-state index contributed by atoms with van der Waals surface area (Å²) in [6, 6.07) is 6.81. The minimum Gasteiger partial charge on any atom is -0.328 e. The van der Waals surface area contributed by atoms with Crippen LogP contribution >= 0.6 is 15.9 Å². The largest absolute Gasteiger partial charge is 0.419 e. The molecule has 0 saturated heterocycles. The normalized spacial score (nSPS) is 13.5. The van der Waals surface area contributed by atoms with E-state index >= 15 is 0 Å². The number of hydrogen-bond acceptors (Lipinski definition) is 2. The molecule has 1 heterocycles. The van der Waals surface area contributed by atoms with Crippen molar-refractivity contribution in [3.05, 3.63) is 52.3 Å². The second kappa shape index (κ2) is 5.34. The van der Waals surface area contributed by atoms with Crippen LogP contribution in [-0.4, -0.2) is 16.3 Å². The van der Waals surface area contributed by atoms with Gasteiger partial charge in [0.1, 0.15) is 0 Å². The number of nitrogens with two attached hydrogens (primary N) is 1. The molecule has 0 aliphatic carbocycles. The molecule has 2 rings (SSSR count). The van der Waals surface area contributed by atoms with Gasteiger partial charge in [-0.05, 0) is 17.7 Å². The zero-order valence-corrected chi connectivity index (χ0v) is 11.3. The minimum atomic E-state index is -4.39. The van der Waals surface area contributed by atoms with Crippen molar-refractivity contribution in [3.8, 4) is 0 Å². The Morgan fingerprint density at radius 1 is 1.26 bits per heavy atom. The molecule has 102 valence electrons. The second-order valence-electron chi connectivity index (χ2n) is 4.01. The van der Waals surface area contributed by atoms with E-state index in [9.17, 15) is 13.2 Å². The first-order valence-corrected chi connectivity index (χ1v) is 6.28. The van der Waals surface area contributed by atoms with Gasteiger partial charge in [-0.15, -0.1) is 0 Å². The predicted octanol–water partition coefficient (Wildman–Crippen LogP) is 3.21. The summed E-state index contributed by atoms with van der Waals surface area (Å²) in [7, 11) is 0. The molecule has 3 nitrogen and oxygen atoms in total. The molecular formula is C12H11BrF3N3. The van der Waals surface area contributed by atoms with Crippen LogP contribution in [0.2, 0.25) is 0 Å². The van der Waals surface area contributed by atoms with Gasteiger partial charge in [-0.1, -0.05) is 28.1 Å². The lowest BCUT2D eigenvalue weighted by Gasteiger charge is -2.16. The third-order valence-corrected chi connectivity index (χ3v) is 3.25. The average Bonchev–Trinajstić information content (AvgIpc) is 2.82. The first-order valence-electron chi connectivity index (χ1n) is 5.48. The Morgan fingerprint density at radius 3 is 2.37 bits per heavy atom. The molecule has 2 aromatic rings. The predicted molar refractivity (Wildman–Crippen MR) is 68.6 cm³/mol. The van der Waals surface area contributed by atoms with Crippen LogP contribution in [0.4, 0.5) is 13.2 Å². The van der Waals surface area contributed by atoms with E-state index in [1.54, 1.807) is 12.1 Å². The zero-order valence-electron chi connectivity index (χ0n) is 9.73. The fraction of sp³-hybridized carbons (Fsp3) is 0.250. The van der Waals surface area contributed by atoms with Crippen LogP contribution in [0.25, 0.3) is 0 Å². The lowest BCUT2D eigenvalue weighted by Crippen LogP contribution is -2.21. The molecule has 0 spiro atoms. The Balaban J connectivity index is 2.32. The first kappa shape index (κ1) is 14.1. The van der Waals surface area contributed by atoms with Crippen molar-refractivity contribution >= 4 is 15.9 Å². The van der Waals surface area contributed by atoms with Gasteiger partial charge < -0.3 is 5.73 Å². The van der Waals surface area contributed by atoms with E-state index in [1.807, 2.05) is 12.1 Å². The molecule has 1 aromatic carbocycles. The van der Waals surface area contributed by atoms with E-state index in [1.165, 1.54) is 4.68 Å². The fourth-order valence-electron chi connectivity index (χ4n) is 1.74. The Morgan fingerprint density at radius 2 is 1.89 bits per heavy atom. The molecule has 1 atom stereocenters. The van der Waals surface area contributed by atoms with Gasteiger partial charge in [0.25, 0.3) is 0 Å². The summed E-state index contributed by atoms with van der Waals surface area (Å²) in [5.41, 5.74) is 5.67. The Bertz CT molecular complexity index is 548. The molecule has 0 aliphatic rings. The number of rotatable bonds is 3. The third kappa shape index (κ3) is 3.16. The monoisotopic (exact) mass is 333 g/mol. The molecular weight excluding hydrogens is 323 g/mol. The van der Waals surface area contributed by atoms with Crippen molar-refractivity contribution in [1.29, 1.82) is 0 Å². The fourth-order valence-corrected chi connectivity index (χ4v) is 2.00. The quantitative estimate of drug-likeness (QED) is 0.937. The van der Waals surface area contributed by atoms with E-state index < -0.39 is 17.8 Å². The molecule has 2 N–H and O–H groups in total. The molecule has 1 aromatic heterocycles. The van der Waals surface area contributed by atoms with Crippen LogP contribution < -0.4 is 5.73 Å². The Kier molecular flexibility index (Phi) is 3.96. The van der Waals surface area contributed by atoms with Gasteiger partial charge in [-0.2, -0.15) is 18.3 Å². The Labute approximate surface area is 116 Å². The molecule has 0 radical (unpaired) electrons. The van der Waals surface area contributed by atoms with Crippen LogP contribution in [0, 0.1) is 0 Å². The van der Waals surface area contributed by atoms with Gasteiger partial charge in [-0.25, -0.2) is 0 Å². The number of nitrogens with zero attached hydrogens (tertiary/aromatic N) is 2. The second-order valence-corrected chi connectivity index (χ2v) is 4.93. The number of hydrogen-bond donors (Lipinski definition) is 1. The summed E-state index contributed by atoms with van der Waals surface area (Å²) >= 11 is 3.30. The molecule has 7 heteroatoms. The summed E-state index contributed by atoms with van der Waals surface area (Å²) < 4.78 is 39.7. The highest BCUT2D eigenvalue weighted by molar-refractivity contribution is 9.10. The maximum absolute atomic E-state index is 12.5. The topological polar surface area (TPSA) is 43.8 Å². The highest BCUT2D eigenvalue weighted by Crippen LogP contribution is 2.30. The Hall–Kier alpha value is -1.34. The first-order chi connectivity index (χ1) is 8.91. The van der Waals surface area contributed by atoms with Gasteiger partial charge in [0, 0.05) is 17.2 Å². The van der Waals surface area contributed by atoms with Crippen molar-refractivity contribution in [2.24, 2.45) is 5.73 Å². The number of benzene rings is 1. The van der Waals surface area contributed by atoms with Crippen molar-refractivity contribution in [1.82, 2.24) is 9.78 Å². The zero-order chi connectivity index (χ0) is 14.0. The van der Waals surface area contributed by atoms with Crippen LogP contribution in [0.1, 0.15) is 17.2 Å². The molecule has 0 fully saturated rings. The molecule has 0 amide bonds. The van der Waals surface area contributed by atoms with Crippen LogP contribution in [0.3, 0.4) is 0 Å². The molecule has 19 heavy (non-hydrogen) atoms.